The van der Waals surface area contributed by atoms with Crippen LogP contribution in [0.4, 0.5) is 0 Å². The van der Waals surface area contributed by atoms with Gasteiger partial charge in [0.2, 0.25) is 0 Å². The van der Waals surface area contributed by atoms with Crippen LogP contribution in [-0.2, 0) is 4.74 Å². The van der Waals surface area contributed by atoms with Gasteiger partial charge in [-0.05, 0) is 24.7 Å². The van der Waals surface area contributed by atoms with Crippen molar-refractivity contribution in [3.63, 3.8) is 0 Å². The summed E-state index contributed by atoms with van der Waals surface area (Å²) in [7, 11) is 0. The molecule has 0 aromatic carbocycles. The molecule has 0 bridgehead atoms. The maximum Gasteiger partial charge on any atom is 0.0579 e. The smallest absolute Gasteiger partial charge is 0.0579 e. The Morgan fingerprint density at radius 2 is 2.00 bits per heavy atom. The molecule has 1 saturated carbocycles. The second-order valence-electron chi connectivity index (χ2n) is 6.33. The topological polar surface area (TPSA) is 41.5 Å². The second-order valence-corrected chi connectivity index (χ2v) is 6.33. The van der Waals surface area contributed by atoms with Crippen molar-refractivity contribution < 1.29 is 9.84 Å². The molecule has 2 unspecified atom stereocenters. The molecule has 1 aliphatic heterocycles. The molecule has 2 rings (SSSR count). The van der Waals surface area contributed by atoms with E-state index >= 15 is 0 Å². The highest BCUT2D eigenvalue weighted by Crippen LogP contribution is 2.32. The average Bonchev–Trinajstić information content (AvgIpc) is 2.28. The van der Waals surface area contributed by atoms with Crippen molar-refractivity contribution in [2.24, 2.45) is 17.3 Å². The summed E-state index contributed by atoms with van der Waals surface area (Å²) in [5.74, 6) is 1.57. The van der Waals surface area contributed by atoms with Crippen LogP contribution in [0.25, 0.3) is 0 Å². The maximum absolute atomic E-state index is 9.42. The highest BCUT2D eigenvalue weighted by Gasteiger charge is 2.39. The van der Waals surface area contributed by atoms with E-state index in [1.807, 2.05) is 0 Å². The van der Waals surface area contributed by atoms with Crippen molar-refractivity contribution in [1.29, 1.82) is 0 Å². The number of aliphatic hydroxyl groups is 1. The molecule has 2 fully saturated rings. The Balaban J connectivity index is 1.83. The van der Waals surface area contributed by atoms with E-state index in [9.17, 15) is 5.11 Å². The van der Waals surface area contributed by atoms with Gasteiger partial charge in [-0.3, -0.25) is 0 Å². The average molecular weight is 241 g/mol. The van der Waals surface area contributed by atoms with E-state index in [0.29, 0.717) is 6.04 Å². The number of aliphatic hydroxyl groups excluding tert-OH is 1. The van der Waals surface area contributed by atoms with Gasteiger partial charge in [0.1, 0.15) is 0 Å². The number of hydrogen-bond acceptors (Lipinski definition) is 3. The second kappa shape index (κ2) is 5.68. The minimum Gasteiger partial charge on any atom is -0.396 e. The lowest BCUT2D eigenvalue weighted by molar-refractivity contribution is -0.136. The third-order valence-electron chi connectivity index (χ3n) is 4.57. The lowest BCUT2D eigenvalue weighted by Gasteiger charge is -2.43. The summed E-state index contributed by atoms with van der Waals surface area (Å²) in [5, 5.41) is 13.1. The van der Waals surface area contributed by atoms with Crippen molar-refractivity contribution in [2.45, 2.75) is 45.6 Å². The fourth-order valence-corrected chi connectivity index (χ4v) is 3.20. The van der Waals surface area contributed by atoms with Crippen LogP contribution in [0.2, 0.25) is 0 Å². The number of rotatable bonds is 5. The predicted molar refractivity (Wildman–Crippen MR) is 68.9 cm³/mol. The van der Waals surface area contributed by atoms with Crippen LogP contribution in [0.3, 0.4) is 0 Å². The van der Waals surface area contributed by atoms with Gasteiger partial charge in [0.25, 0.3) is 0 Å². The van der Waals surface area contributed by atoms with Crippen molar-refractivity contribution >= 4 is 0 Å². The van der Waals surface area contributed by atoms with E-state index < -0.39 is 0 Å². The number of hydrogen-bond donors (Lipinski definition) is 2. The highest BCUT2D eigenvalue weighted by molar-refractivity contribution is 4.90. The molecule has 3 nitrogen and oxygen atoms in total. The van der Waals surface area contributed by atoms with Crippen LogP contribution in [-0.4, -0.2) is 37.5 Å². The predicted octanol–water partition coefficient (Wildman–Crippen LogP) is 1.80. The molecule has 0 radical (unpaired) electrons. The minimum atomic E-state index is 0.0129. The number of ether oxygens (including phenoxy) is 1. The Labute approximate surface area is 105 Å². The van der Waals surface area contributed by atoms with E-state index in [0.717, 1.165) is 31.6 Å². The third-order valence-corrected chi connectivity index (χ3v) is 4.57. The van der Waals surface area contributed by atoms with Crippen LogP contribution >= 0.6 is 0 Å². The van der Waals surface area contributed by atoms with Gasteiger partial charge in [-0.1, -0.05) is 26.7 Å². The Bertz CT molecular complexity index is 233. The number of nitrogens with one attached hydrogen (secondary N) is 1. The molecule has 0 aromatic heterocycles. The van der Waals surface area contributed by atoms with E-state index in [2.05, 4.69) is 19.2 Å². The first-order valence-electron chi connectivity index (χ1n) is 7.09. The van der Waals surface area contributed by atoms with Crippen LogP contribution in [0, 0.1) is 17.3 Å². The summed E-state index contributed by atoms with van der Waals surface area (Å²) in [6, 6.07) is 0.646. The van der Waals surface area contributed by atoms with E-state index in [-0.39, 0.29) is 12.0 Å². The van der Waals surface area contributed by atoms with Gasteiger partial charge in [0.05, 0.1) is 25.2 Å². The maximum atomic E-state index is 9.42. The first-order chi connectivity index (χ1) is 8.17. The van der Waals surface area contributed by atoms with Gasteiger partial charge in [0, 0.05) is 12.6 Å². The third kappa shape index (κ3) is 3.01. The lowest BCUT2D eigenvalue weighted by atomic mass is 9.77. The van der Waals surface area contributed by atoms with Crippen LogP contribution in [0.15, 0.2) is 0 Å². The first kappa shape index (κ1) is 13.3. The molecule has 3 heteroatoms. The van der Waals surface area contributed by atoms with Crippen molar-refractivity contribution in [1.82, 2.24) is 5.32 Å². The molecule has 0 amide bonds. The Morgan fingerprint density at radius 3 is 2.53 bits per heavy atom. The summed E-state index contributed by atoms with van der Waals surface area (Å²) >= 11 is 0. The zero-order valence-corrected chi connectivity index (χ0v) is 11.2. The molecule has 100 valence electrons. The molecule has 2 N–H and O–H groups in total. The molecule has 17 heavy (non-hydrogen) atoms. The van der Waals surface area contributed by atoms with Crippen molar-refractivity contribution in [3.05, 3.63) is 0 Å². The van der Waals surface area contributed by atoms with Gasteiger partial charge in [0.15, 0.2) is 0 Å². The zero-order valence-electron chi connectivity index (χ0n) is 11.2. The molecule has 1 saturated heterocycles. The van der Waals surface area contributed by atoms with Gasteiger partial charge in [-0.2, -0.15) is 0 Å². The monoisotopic (exact) mass is 241 g/mol. The fraction of sp³-hybridized carbons (Fsp3) is 1.00. The van der Waals surface area contributed by atoms with E-state index in [4.69, 9.17) is 4.74 Å². The van der Waals surface area contributed by atoms with Crippen LogP contribution in [0.1, 0.15) is 39.5 Å². The molecule has 2 aliphatic rings. The standard InChI is InChI=1S/C14H27NO2/c1-11(2)12-5-3-4-6-13(12)15-7-14(8-16)9-17-10-14/h11-13,15-16H,3-10H2,1-2H3. The Hall–Kier alpha value is -0.120. The van der Waals surface area contributed by atoms with Gasteiger partial charge < -0.3 is 15.2 Å². The van der Waals surface area contributed by atoms with Crippen molar-refractivity contribution in [2.75, 3.05) is 26.4 Å². The minimum absolute atomic E-state index is 0.0129. The Morgan fingerprint density at radius 1 is 1.29 bits per heavy atom. The quantitative estimate of drug-likeness (QED) is 0.771. The largest absolute Gasteiger partial charge is 0.396 e. The van der Waals surface area contributed by atoms with Gasteiger partial charge in [-0.15, -0.1) is 0 Å². The first-order valence-corrected chi connectivity index (χ1v) is 7.09. The molecule has 1 aliphatic carbocycles. The summed E-state index contributed by atoms with van der Waals surface area (Å²) < 4.78 is 5.24. The fourth-order valence-electron chi connectivity index (χ4n) is 3.20. The summed E-state index contributed by atoms with van der Waals surface area (Å²) in [5.41, 5.74) is 0.0129. The van der Waals surface area contributed by atoms with E-state index in [1.54, 1.807) is 0 Å². The van der Waals surface area contributed by atoms with Crippen LogP contribution < -0.4 is 5.32 Å². The SMILES string of the molecule is CC(C)C1CCCCC1NCC1(CO)COC1. The highest BCUT2D eigenvalue weighted by atomic mass is 16.5. The lowest BCUT2D eigenvalue weighted by Crippen LogP contribution is -2.55. The van der Waals surface area contributed by atoms with E-state index in [1.165, 1.54) is 25.7 Å². The van der Waals surface area contributed by atoms with Crippen molar-refractivity contribution in [3.8, 4) is 0 Å². The normalized spacial score (nSPS) is 32.5. The van der Waals surface area contributed by atoms with Gasteiger partial charge >= 0.3 is 0 Å². The Kier molecular flexibility index (Phi) is 4.45. The molecular weight excluding hydrogens is 214 g/mol. The summed E-state index contributed by atoms with van der Waals surface area (Å²) in [6.07, 6.45) is 5.39. The zero-order chi connectivity index (χ0) is 12.3. The summed E-state index contributed by atoms with van der Waals surface area (Å²) in [6.45, 7) is 7.26. The molecule has 2 atom stereocenters. The van der Waals surface area contributed by atoms with Crippen LogP contribution in [0.5, 0.6) is 0 Å². The summed E-state index contributed by atoms with van der Waals surface area (Å²) in [4.78, 5) is 0. The molecule has 0 spiro atoms. The molecular formula is C14H27NO2. The molecule has 1 heterocycles. The van der Waals surface area contributed by atoms with Gasteiger partial charge in [-0.25, -0.2) is 0 Å². The molecule has 0 aromatic rings.